The second-order valence-corrected chi connectivity index (χ2v) is 5.27. The van der Waals surface area contributed by atoms with Crippen molar-refractivity contribution in [2.75, 3.05) is 7.11 Å². The molecule has 0 aromatic heterocycles. The minimum atomic E-state index is -0.0171. The van der Waals surface area contributed by atoms with Crippen molar-refractivity contribution in [3.63, 3.8) is 0 Å². The molecule has 1 aromatic carbocycles. The topological polar surface area (TPSA) is 26.3 Å². The standard InChI is InChI=1S/C16H22O2/c1-18-16(17)15-11-9-14(10-12-15)8-7-13-5-3-2-4-6-13/h2-6,14-15H,7-12H2,1H3. The molecule has 0 unspecified atom stereocenters. The molecule has 0 saturated heterocycles. The Hall–Kier alpha value is -1.31. The van der Waals surface area contributed by atoms with Crippen LogP contribution in [-0.4, -0.2) is 13.1 Å². The molecule has 1 saturated carbocycles. The van der Waals surface area contributed by atoms with Gasteiger partial charge >= 0.3 is 5.97 Å². The van der Waals surface area contributed by atoms with Gasteiger partial charge in [0.15, 0.2) is 0 Å². The Balaban J connectivity index is 1.72. The van der Waals surface area contributed by atoms with Crippen LogP contribution in [0.3, 0.4) is 0 Å². The number of benzene rings is 1. The maximum Gasteiger partial charge on any atom is 0.308 e. The Labute approximate surface area is 109 Å². The van der Waals surface area contributed by atoms with E-state index in [2.05, 4.69) is 30.3 Å². The van der Waals surface area contributed by atoms with Crippen LogP contribution in [0.15, 0.2) is 30.3 Å². The van der Waals surface area contributed by atoms with E-state index in [1.54, 1.807) is 0 Å². The van der Waals surface area contributed by atoms with Gasteiger partial charge in [-0.1, -0.05) is 30.3 Å². The van der Waals surface area contributed by atoms with Crippen LogP contribution in [0, 0.1) is 11.8 Å². The van der Waals surface area contributed by atoms with Gasteiger partial charge < -0.3 is 4.74 Å². The van der Waals surface area contributed by atoms with Gasteiger partial charge in [-0.3, -0.25) is 4.79 Å². The Morgan fingerprint density at radius 2 is 1.83 bits per heavy atom. The smallest absolute Gasteiger partial charge is 0.308 e. The molecule has 0 bridgehead atoms. The van der Waals surface area contributed by atoms with Crippen molar-refractivity contribution in [1.29, 1.82) is 0 Å². The van der Waals surface area contributed by atoms with Crippen molar-refractivity contribution in [3.8, 4) is 0 Å². The molecule has 0 spiro atoms. The molecule has 98 valence electrons. The van der Waals surface area contributed by atoms with Gasteiger partial charge in [0.25, 0.3) is 0 Å². The summed E-state index contributed by atoms with van der Waals surface area (Å²) < 4.78 is 4.82. The zero-order valence-electron chi connectivity index (χ0n) is 11.1. The van der Waals surface area contributed by atoms with Gasteiger partial charge in [0.1, 0.15) is 0 Å². The predicted molar refractivity (Wildman–Crippen MR) is 72.2 cm³/mol. The molecule has 0 radical (unpaired) electrons. The largest absolute Gasteiger partial charge is 0.469 e. The van der Waals surface area contributed by atoms with Gasteiger partial charge in [-0.15, -0.1) is 0 Å². The van der Waals surface area contributed by atoms with Crippen molar-refractivity contribution in [3.05, 3.63) is 35.9 Å². The molecular weight excluding hydrogens is 224 g/mol. The maximum atomic E-state index is 11.4. The monoisotopic (exact) mass is 246 g/mol. The summed E-state index contributed by atoms with van der Waals surface area (Å²) in [6.45, 7) is 0. The fraction of sp³-hybridized carbons (Fsp3) is 0.562. The van der Waals surface area contributed by atoms with E-state index in [0.717, 1.165) is 25.2 Å². The van der Waals surface area contributed by atoms with Crippen LogP contribution in [0.1, 0.15) is 37.7 Å². The number of methoxy groups -OCH3 is 1. The van der Waals surface area contributed by atoms with Crippen LogP contribution in [0.4, 0.5) is 0 Å². The van der Waals surface area contributed by atoms with Crippen molar-refractivity contribution in [1.82, 2.24) is 0 Å². The van der Waals surface area contributed by atoms with E-state index in [9.17, 15) is 4.79 Å². The lowest BCUT2D eigenvalue weighted by Crippen LogP contribution is -2.23. The van der Waals surface area contributed by atoms with E-state index in [0.29, 0.717) is 0 Å². The molecule has 2 heteroatoms. The zero-order chi connectivity index (χ0) is 12.8. The van der Waals surface area contributed by atoms with Gasteiger partial charge in [-0.05, 0) is 50.0 Å². The third-order valence-corrected chi connectivity index (χ3v) is 4.07. The SMILES string of the molecule is COC(=O)C1CCC(CCc2ccccc2)CC1. The Bertz CT molecular complexity index is 364. The average Bonchev–Trinajstić information content (AvgIpc) is 2.46. The summed E-state index contributed by atoms with van der Waals surface area (Å²) in [7, 11) is 1.49. The Morgan fingerprint density at radius 3 is 2.44 bits per heavy atom. The molecule has 2 rings (SSSR count). The van der Waals surface area contributed by atoms with Gasteiger partial charge in [0, 0.05) is 0 Å². The molecule has 0 atom stereocenters. The number of rotatable bonds is 4. The second-order valence-electron chi connectivity index (χ2n) is 5.27. The number of hydrogen-bond acceptors (Lipinski definition) is 2. The quantitative estimate of drug-likeness (QED) is 0.759. The van der Waals surface area contributed by atoms with Crippen molar-refractivity contribution in [2.24, 2.45) is 11.8 Å². The lowest BCUT2D eigenvalue weighted by molar-refractivity contribution is -0.146. The van der Waals surface area contributed by atoms with E-state index >= 15 is 0 Å². The third kappa shape index (κ3) is 3.59. The lowest BCUT2D eigenvalue weighted by atomic mass is 9.79. The lowest BCUT2D eigenvalue weighted by Gasteiger charge is -2.26. The van der Waals surface area contributed by atoms with Crippen LogP contribution in [-0.2, 0) is 16.0 Å². The predicted octanol–water partition coefficient (Wildman–Crippen LogP) is 3.60. The molecule has 0 aliphatic heterocycles. The van der Waals surface area contributed by atoms with E-state index in [1.165, 1.54) is 31.9 Å². The minimum Gasteiger partial charge on any atom is -0.469 e. The highest BCUT2D eigenvalue weighted by Gasteiger charge is 2.26. The molecule has 1 aromatic rings. The van der Waals surface area contributed by atoms with E-state index in [1.807, 2.05) is 0 Å². The first-order chi connectivity index (χ1) is 8.79. The van der Waals surface area contributed by atoms with Gasteiger partial charge in [-0.25, -0.2) is 0 Å². The second kappa shape index (κ2) is 6.58. The summed E-state index contributed by atoms with van der Waals surface area (Å²) in [6.07, 6.45) is 6.77. The van der Waals surface area contributed by atoms with Crippen LogP contribution in [0.2, 0.25) is 0 Å². The molecule has 0 N–H and O–H groups in total. The number of carbonyl (C=O) groups is 1. The Kier molecular flexibility index (Phi) is 4.80. The molecule has 0 amide bonds. The highest BCUT2D eigenvalue weighted by Crippen LogP contribution is 2.32. The third-order valence-electron chi connectivity index (χ3n) is 4.07. The highest BCUT2D eigenvalue weighted by atomic mass is 16.5. The van der Waals surface area contributed by atoms with Crippen molar-refractivity contribution >= 4 is 5.97 Å². The number of esters is 1. The fourth-order valence-corrected chi connectivity index (χ4v) is 2.87. The summed E-state index contributed by atoms with van der Waals surface area (Å²) in [6, 6.07) is 10.7. The minimum absolute atomic E-state index is 0.0171. The van der Waals surface area contributed by atoms with Crippen LogP contribution >= 0.6 is 0 Å². The van der Waals surface area contributed by atoms with Crippen molar-refractivity contribution in [2.45, 2.75) is 38.5 Å². The van der Waals surface area contributed by atoms with E-state index in [4.69, 9.17) is 4.74 Å². The summed E-state index contributed by atoms with van der Waals surface area (Å²) in [4.78, 5) is 11.4. The number of carbonyl (C=O) groups excluding carboxylic acids is 1. The molecule has 1 aliphatic carbocycles. The van der Waals surface area contributed by atoms with Crippen LogP contribution in [0.5, 0.6) is 0 Å². The highest BCUT2D eigenvalue weighted by molar-refractivity contribution is 5.72. The zero-order valence-corrected chi connectivity index (χ0v) is 11.1. The first-order valence-corrected chi connectivity index (χ1v) is 6.91. The fourth-order valence-electron chi connectivity index (χ4n) is 2.87. The maximum absolute atomic E-state index is 11.4. The first-order valence-electron chi connectivity index (χ1n) is 6.91. The Morgan fingerprint density at radius 1 is 1.17 bits per heavy atom. The summed E-state index contributed by atoms with van der Waals surface area (Å²) in [5.74, 6) is 0.922. The van der Waals surface area contributed by atoms with Gasteiger partial charge in [0.05, 0.1) is 13.0 Å². The number of hydrogen-bond donors (Lipinski definition) is 0. The van der Waals surface area contributed by atoms with E-state index in [-0.39, 0.29) is 11.9 Å². The molecule has 18 heavy (non-hydrogen) atoms. The number of ether oxygens (including phenoxy) is 1. The number of aryl methyl sites for hydroxylation is 1. The molecule has 0 heterocycles. The summed E-state index contributed by atoms with van der Waals surface area (Å²) in [5.41, 5.74) is 1.42. The van der Waals surface area contributed by atoms with Gasteiger partial charge in [-0.2, -0.15) is 0 Å². The van der Waals surface area contributed by atoms with Crippen molar-refractivity contribution < 1.29 is 9.53 Å². The molecule has 2 nitrogen and oxygen atoms in total. The van der Waals surface area contributed by atoms with Crippen LogP contribution in [0.25, 0.3) is 0 Å². The van der Waals surface area contributed by atoms with Crippen LogP contribution < -0.4 is 0 Å². The molecule has 1 aliphatic rings. The van der Waals surface area contributed by atoms with E-state index < -0.39 is 0 Å². The van der Waals surface area contributed by atoms with Gasteiger partial charge in [0.2, 0.25) is 0 Å². The summed E-state index contributed by atoms with van der Waals surface area (Å²) >= 11 is 0. The average molecular weight is 246 g/mol. The summed E-state index contributed by atoms with van der Waals surface area (Å²) in [5, 5.41) is 0. The molecular formula is C16H22O2. The normalized spacial score (nSPS) is 23.6. The molecule has 1 fully saturated rings. The first kappa shape index (κ1) is 13.1.